The van der Waals surface area contributed by atoms with Crippen molar-refractivity contribution in [1.29, 1.82) is 5.26 Å². The first-order valence-corrected chi connectivity index (χ1v) is 8.88. The van der Waals surface area contributed by atoms with E-state index in [2.05, 4.69) is 11.4 Å². The van der Waals surface area contributed by atoms with Crippen LogP contribution in [0.25, 0.3) is 0 Å². The van der Waals surface area contributed by atoms with Gasteiger partial charge in [-0.15, -0.1) is 0 Å². The van der Waals surface area contributed by atoms with Crippen molar-refractivity contribution in [3.05, 3.63) is 101 Å². The number of nitrogens with one attached hydrogen (secondary N) is 1. The number of nitriles is 1. The van der Waals surface area contributed by atoms with Crippen LogP contribution in [0, 0.1) is 17.1 Å². The number of nitrogens with zero attached hydrogens (tertiary/aromatic N) is 2. The van der Waals surface area contributed by atoms with Gasteiger partial charge in [0.25, 0.3) is 11.8 Å². The highest BCUT2D eigenvalue weighted by Crippen LogP contribution is 2.14. The van der Waals surface area contributed by atoms with Crippen molar-refractivity contribution in [2.75, 3.05) is 12.4 Å². The highest BCUT2D eigenvalue weighted by atomic mass is 19.1. The summed E-state index contributed by atoms with van der Waals surface area (Å²) in [6, 6.07) is 21.0. The lowest BCUT2D eigenvalue weighted by molar-refractivity contribution is 0.0784. The molecule has 0 radical (unpaired) electrons. The molecule has 3 aromatic rings. The van der Waals surface area contributed by atoms with Crippen LogP contribution in [-0.4, -0.2) is 23.8 Å². The molecule has 0 bridgehead atoms. The topological polar surface area (TPSA) is 73.2 Å². The van der Waals surface area contributed by atoms with Crippen LogP contribution >= 0.6 is 0 Å². The molecular formula is C23H18FN3O2. The summed E-state index contributed by atoms with van der Waals surface area (Å²) in [5.41, 5.74) is 2.64. The van der Waals surface area contributed by atoms with Gasteiger partial charge in [0.15, 0.2) is 0 Å². The Bertz CT molecular complexity index is 1070. The van der Waals surface area contributed by atoms with Gasteiger partial charge in [-0.25, -0.2) is 4.39 Å². The number of hydrogen-bond acceptors (Lipinski definition) is 3. The largest absolute Gasteiger partial charge is 0.337 e. The fourth-order valence-electron chi connectivity index (χ4n) is 2.78. The van der Waals surface area contributed by atoms with Crippen LogP contribution in [0.3, 0.4) is 0 Å². The quantitative estimate of drug-likeness (QED) is 0.712. The van der Waals surface area contributed by atoms with Crippen molar-refractivity contribution >= 4 is 17.5 Å². The van der Waals surface area contributed by atoms with Gasteiger partial charge in [0, 0.05) is 30.4 Å². The van der Waals surface area contributed by atoms with Crippen LogP contribution < -0.4 is 5.32 Å². The van der Waals surface area contributed by atoms with Gasteiger partial charge in [0.1, 0.15) is 5.82 Å². The Morgan fingerprint density at radius 1 is 1.00 bits per heavy atom. The Hall–Kier alpha value is -3.98. The van der Waals surface area contributed by atoms with E-state index < -0.39 is 5.82 Å². The molecule has 0 aliphatic carbocycles. The molecule has 29 heavy (non-hydrogen) atoms. The molecule has 0 saturated heterocycles. The molecule has 0 saturated carbocycles. The Morgan fingerprint density at radius 3 is 2.28 bits per heavy atom. The van der Waals surface area contributed by atoms with E-state index in [0.29, 0.717) is 28.9 Å². The molecule has 2 amide bonds. The second-order valence-corrected chi connectivity index (χ2v) is 6.51. The summed E-state index contributed by atoms with van der Waals surface area (Å²) in [6.45, 7) is 0.395. The average molecular weight is 387 g/mol. The first-order valence-electron chi connectivity index (χ1n) is 8.88. The number of anilines is 1. The molecule has 0 fully saturated rings. The predicted octanol–water partition coefficient (Wildman–Crippen LogP) is 4.22. The summed E-state index contributed by atoms with van der Waals surface area (Å²) in [5.74, 6) is -1.01. The summed E-state index contributed by atoms with van der Waals surface area (Å²) in [4.78, 5) is 26.5. The summed E-state index contributed by atoms with van der Waals surface area (Å²) < 4.78 is 13.2. The molecular weight excluding hydrogens is 369 g/mol. The van der Waals surface area contributed by atoms with Gasteiger partial charge in [0.05, 0.1) is 11.6 Å². The van der Waals surface area contributed by atoms with Crippen molar-refractivity contribution in [1.82, 2.24) is 4.90 Å². The van der Waals surface area contributed by atoms with Gasteiger partial charge in [-0.2, -0.15) is 5.26 Å². The number of benzene rings is 3. The molecule has 0 spiro atoms. The monoisotopic (exact) mass is 387 g/mol. The SMILES string of the molecule is CN(Cc1ccc(C#N)cc1)C(=O)c1ccc(C(=O)Nc2cccc(F)c2)cc1. The second-order valence-electron chi connectivity index (χ2n) is 6.51. The third-order valence-electron chi connectivity index (χ3n) is 4.33. The van der Waals surface area contributed by atoms with Crippen LogP contribution in [-0.2, 0) is 6.54 Å². The highest BCUT2D eigenvalue weighted by molar-refractivity contribution is 6.05. The number of hydrogen-bond donors (Lipinski definition) is 1. The molecule has 1 N–H and O–H groups in total. The maximum absolute atomic E-state index is 13.2. The minimum Gasteiger partial charge on any atom is -0.337 e. The molecule has 0 aliphatic heterocycles. The Labute approximate surface area is 168 Å². The van der Waals surface area contributed by atoms with Gasteiger partial charge < -0.3 is 10.2 Å². The van der Waals surface area contributed by atoms with Crippen molar-refractivity contribution in [3.8, 4) is 6.07 Å². The maximum Gasteiger partial charge on any atom is 0.255 e. The van der Waals surface area contributed by atoms with Gasteiger partial charge in [-0.3, -0.25) is 9.59 Å². The van der Waals surface area contributed by atoms with Gasteiger partial charge >= 0.3 is 0 Å². The molecule has 0 unspecified atom stereocenters. The molecule has 0 heterocycles. The predicted molar refractivity (Wildman–Crippen MR) is 108 cm³/mol. The van der Waals surface area contributed by atoms with Crippen LogP contribution in [0.4, 0.5) is 10.1 Å². The lowest BCUT2D eigenvalue weighted by Crippen LogP contribution is -2.26. The van der Waals surface area contributed by atoms with E-state index in [1.165, 1.54) is 18.2 Å². The normalized spacial score (nSPS) is 10.1. The minimum absolute atomic E-state index is 0.188. The number of carbonyl (C=O) groups is 2. The van der Waals surface area contributed by atoms with Crippen LogP contribution in [0.1, 0.15) is 31.8 Å². The lowest BCUT2D eigenvalue weighted by Gasteiger charge is -2.17. The summed E-state index contributed by atoms with van der Waals surface area (Å²) >= 11 is 0. The Kier molecular flexibility index (Phi) is 6.00. The molecule has 0 aliphatic rings. The zero-order valence-electron chi connectivity index (χ0n) is 15.7. The fourth-order valence-corrected chi connectivity index (χ4v) is 2.78. The maximum atomic E-state index is 13.2. The molecule has 0 aromatic heterocycles. The van der Waals surface area contributed by atoms with E-state index in [-0.39, 0.29) is 11.8 Å². The Balaban J connectivity index is 1.64. The number of halogens is 1. The van der Waals surface area contributed by atoms with Gasteiger partial charge in [-0.1, -0.05) is 18.2 Å². The molecule has 0 atom stereocenters. The average Bonchev–Trinajstić information content (AvgIpc) is 2.74. The van der Waals surface area contributed by atoms with Crippen molar-refractivity contribution in [2.45, 2.75) is 6.54 Å². The molecule has 5 nitrogen and oxygen atoms in total. The van der Waals surface area contributed by atoms with E-state index in [0.717, 1.165) is 5.56 Å². The van der Waals surface area contributed by atoms with Gasteiger partial charge in [-0.05, 0) is 60.2 Å². The van der Waals surface area contributed by atoms with E-state index in [1.807, 2.05) is 12.1 Å². The van der Waals surface area contributed by atoms with Crippen LogP contribution in [0.15, 0.2) is 72.8 Å². The van der Waals surface area contributed by atoms with Crippen molar-refractivity contribution < 1.29 is 14.0 Å². The lowest BCUT2D eigenvalue weighted by atomic mass is 10.1. The third-order valence-corrected chi connectivity index (χ3v) is 4.33. The van der Waals surface area contributed by atoms with Crippen molar-refractivity contribution in [2.24, 2.45) is 0 Å². The zero-order valence-corrected chi connectivity index (χ0v) is 15.7. The summed E-state index contributed by atoms with van der Waals surface area (Å²) in [6.07, 6.45) is 0. The van der Waals surface area contributed by atoms with E-state index >= 15 is 0 Å². The number of carbonyl (C=O) groups excluding carboxylic acids is 2. The van der Waals surface area contributed by atoms with Crippen molar-refractivity contribution in [3.63, 3.8) is 0 Å². The Morgan fingerprint density at radius 2 is 1.66 bits per heavy atom. The zero-order chi connectivity index (χ0) is 20.8. The first kappa shape index (κ1) is 19.8. The van der Waals surface area contributed by atoms with Crippen LogP contribution in [0.2, 0.25) is 0 Å². The van der Waals surface area contributed by atoms with E-state index in [1.54, 1.807) is 54.4 Å². The summed E-state index contributed by atoms with van der Waals surface area (Å²) in [7, 11) is 1.69. The minimum atomic E-state index is -0.436. The second kappa shape index (κ2) is 8.81. The first-order chi connectivity index (χ1) is 14.0. The number of amides is 2. The molecule has 3 aromatic carbocycles. The molecule has 144 valence electrons. The smallest absolute Gasteiger partial charge is 0.255 e. The third kappa shape index (κ3) is 5.05. The summed E-state index contributed by atoms with van der Waals surface area (Å²) in [5, 5.41) is 11.5. The van der Waals surface area contributed by atoms with Gasteiger partial charge in [0.2, 0.25) is 0 Å². The van der Waals surface area contributed by atoms with E-state index in [9.17, 15) is 14.0 Å². The standard InChI is InChI=1S/C23H18FN3O2/c1-27(15-17-7-5-16(14-25)6-8-17)23(29)19-11-9-18(10-12-19)22(28)26-21-4-2-3-20(24)13-21/h2-13H,15H2,1H3,(H,26,28). The van der Waals surface area contributed by atoms with E-state index in [4.69, 9.17) is 5.26 Å². The molecule has 6 heteroatoms. The molecule has 3 rings (SSSR count). The number of rotatable bonds is 5. The highest BCUT2D eigenvalue weighted by Gasteiger charge is 2.14. The van der Waals surface area contributed by atoms with Crippen LogP contribution in [0.5, 0.6) is 0 Å². The fraction of sp³-hybridized carbons (Fsp3) is 0.0870.